The highest BCUT2D eigenvalue weighted by molar-refractivity contribution is 5.75. The number of quaternary nitrogens is 1. The average molecular weight is 342 g/mol. The molecule has 24 heavy (non-hydrogen) atoms. The van der Waals surface area contributed by atoms with Crippen LogP contribution in [-0.4, -0.2) is 49.2 Å². The van der Waals surface area contributed by atoms with Gasteiger partial charge in [0.15, 0.2) is 0 Å². The molecular formula is C20H41N2O2+. The second kappa shape index (κ2) is 14.3. The maximum Gasteiger partial charge on any atom is 0.219 e. The molecule has 0 saturated heterocycles. The summed E-state index contributed by atoms with van der Waals surface area (Å²) < 4.78 is 0.698. The molecule has 0 aliphatic rings. The van der Waals surface area contributed by atoms with Crippen LogP contribution < -0.4 is 5.32 Å². The van der Waals surface area contributed by atoms with Gasteiger partial charge in [-0.3, -0.25) is 4.79 Å². The van der Waals surface area contributed by atoms with Crippen molar-refractivity contribution in [1.82, 2.24) is 5.32 Å². The predicted molar refractivity (Wildman–Crippen MR) is 103 cm³/mol. The molecule has 0 spiro atoms. The number of aliphatic hydroxyl groups excluding tert-OH is 1. The molecule has 0 radical (unpaired) electrons. The zero-order valence-electron chi connectivity index (χ0n) is 16.4. The molecule has 2 N–H and O–H groups in total. The quantitative estimate of drug-likeness (QED) is 0.246. The minimum absolute atomic E-state index is 0.176. The van der Waals surface area contributed by atoms with Gasteiger partial charge in [0.25, 0.3) is 0 Å². The molecule has 0 aliphatic carbocycles. The number of nitrogens with zero attached hydrogens (tertiary/aromatic N) is 1. The maximum atomic E-state index is 11.8. The van der Waals surface area contributed by atoms with Crippen molar-refractivity contribution < 1.29 is 14.4 Å². The van der Waals surface area contributed by atoms with Crippen molar-refractivity contribution in [3.8, 4) is 0 Å². The van der Waals surface area contributed by atoms with Gasteiger partial charge in [0.2, 0.25) is 5.91 Å². The van der Waals surface area contributed by atoms with Gasteiger partial charge in [0.05, 0.1) is 20.6 Å². The molecule has 0 rings (SSSR count). The van der Waals surface area contributed by atoms with Crippen LogP contribution in [0.5, 0.6) is 0 Å². The Morgan fingerprint density at radius 1 is 0.958 bits per heavy atom. The Bertz CT molecular complexity index is 341. The Morgan fingerprint density at radius 2 is 1.50 bits per heavy atom. The van der Waals surface area contributed by atoms with Crippen LogP contribution in [0, 0.1) is 0 Å². The first-order valence-electron chi connectivity index (χ1n) is 9.83. The summed E-state index contributed by atoms with van der Waals surface area (Å²) in [6, 6.07) is 0. The highest BCUT2D eigenvalue weighted by atomic mass is 16.3. The fourth-order valence-corrected chi connectivity index (χ4v) is 2.99. The van der Waals surface area contributed by atoms with Gasteiger partial charge in [-0.1, -0.05) is 64.9 Å². The lowest BCUT2D eigenvalue weighted by molar-refractivity contribution is -0.886. The third-order valence-corrected chi connectivity index (χ3v) is 4.38. The Labute approximate surface area is 149 Å². The van der Waals surface area contributed by atoms with E-state index in [1.54, 1.807) is 0 Å². The number of unbranched alkanes of at least 4 members (excludes halogenated alkanes) is 8. The highest BCUT2D eigenvalue weighted by Crippen LogP contribution is 2.10. The molecule has 4 nitrogen and oxygen atoms in total. The molecule has 0 unspecified atom stereocenters. The lowest BCUT2D eigenvalue weighted by Gasteiger charge is -2.29. The smallest absolute Gasteiger partial charge is 0.219 e. The summed E-state index contributed by atoms with van der Waals surface area (Å²) in [6.07, 6.45) is 13.1. The van der Waals surface area contributed by atoms with E-state index >= 15 is 0 Å². The molecule has 0 bridgehead atoms. The van der Waals surface area contributed by atoms with Gasteiger partial charge in [-0.05, 0) is 6.42 Å². The molecule has 0 atom stereocenters. The number of likely N-dealkylation sites (N-methyl/N-ethyl adjacent to an activating group) is 1. The standard InChI is InChI=1S/C20H40N2O2/c1-5-6-7-8-9-10-11-12-13-15-20(24)21-16-14-17-22(3,4)18-19(2)23/h2,5-18H2,1,3-4H3,(H-,21,23,24)/p+1. The first-order chi connectivity index (χ1) is 11.4. The van der Waals surface area contributed by atoms with Crippen molar-refractivity contribution in [1.29, 1.82) is 0 Å². The minimum atomic E-state index is 0.176. The third-order valence-electron chi connectivity index (χ3n) is 4.38. The van der Waals surface area contributed by atoms with Gasteiger partial charge in [-0.2, -0.15) is 0 Å². The molecule has 0 aromatic rings. The van der Waals surface area contributed by atoms with Crippen molar-refractivity contribution >= 4 is 5.91 Å². The van der Waals surface area contributed by atoms with E-state index in [0.717, 1.165) is 25.9 Å². The van der Waals surface area contributed by atoms with Crippen molar-refractivity contribution in [2.24, 2.45) is 0 Å². The second-order valence-corrected chi connectivity index (χ2v) is 7.67. The summed E-state index contributed by atoms with van der Waals surface area (Å²) >= 11 is 0. The first-order valence-corrected chi connectivity index (χ1v) is 9.83. The molecular weight excluding hydrogens is 300 g/mol. The Kier molecular flexibility index (Phi) is 13.7. The van der Waals surface area contributed by atoms with E-state index in [9.17, 15) is 9.90 Å². The van der Waals surface area contributed by atoms with Crippen molar-refractivity contribution in [3.05, 3.63) is 12.3 Å². The van der Waals surface area contributed by atoms with Crippen LogP contribution in [0.4, 0.5) is 0 Å². The van der Waals surface area contributed by atoms with Crippen molar-refractivity contribution in [3.63, 3.8) is 0 Å². The zero-order valence-corrected chi connectivity index (χ0v) is 16.4. The Morgan fingerprint density at radius 3 is 2.04 bits per heavy atom. The molecule has 4 heteroatoms. The molecule has 0 fully saturated rings. The number of aliphatic hydroxyl groups is 1. The molecule has 0 aromatic carbocycles. The molecule has 0 saturated carbocycles. The number of hydrogen-bond donors (Lipinski definition) is 2. The molecule has 0 aromatic heterocycles. The fraction of sp³-hybridized carbons (Fsp3) is 0.850. The normalized spacial score (nSPS) is 11.5. The van der Waals surface area contributed by atoms with Gasteiger partial charge < -0.3 is 14.9 Å². The number of nitrogens with one attached hydrogen (secondary N) is 1. The zero-order chi connectivity index (χ0) is 18.3. The van der Waals surface area contributed by atoms with E-state index in [0.29, 0.717) is 17.4 Å². The van der Waals surface area contributed by atoms with E-state index in [4.69, 9.17) is 0 Å². The number of amides is 1. The topological polar surface area (TPSA) is 49.3 Å². The highest BCUT2D eigenvalue weighted by Gasteiger charge is 2.15. The summed E-state index contributed by atoms with van der Waals surface area (Å²) in [5, 5.41) is 12.3. The Hall–Kier alpha value is -1.03. The number of rotatable bonds is 16. The van der Waals surface area contributed by atoms with Crippen molar-refractivity contribution in [2.75, 3.05) is 33.7 Å². The van der Waals surface area contributed by atoms with Crippen LogP contribution in [0.15, 0.2) is 12.3 Å². The Balaban J connectivity index is 3.43. The summed E-state index contributed by atoms with van der Waals surface area (Å²) in [7, 11) is 4.12. The first kappa shape index (κ1) is 23.0. The van der Waals surface area contributed by atoms with E-state index in [-0.39, 0.29) is 11.7 Å². The lowest BCUT2D eigenvalue weighted by Crippen LogP contribution is -2.43. The summed E-state index contributed by atoms with van der Waals surface area (Å²) in [5.41, 5.74) is 0. The van der Waals surface area contributed by atoms with E-state index in [1.165, 1.54) is 51.4 Å². The monoisotopic (exact) mass is 341 g/mol. The van der Waals surface area contributed by atoms with Gasteiger partial charge >= 0.3 is 0 Å². The van der Waals surface area contributed by atoms with Crippen LogP contribution in [-0.2, 0) is 4.79 Å². The van der Waals surface area contributed by atoms with Gasteiger partial charge in [-0.25, -0.2) is 0 Å². The largest absolute Gasteiger partial charge is 0.507 e. The average Bonchev–Trinajstić information content (AvgIpc) is 2.48. The summed E-state index contributed by atoms with van der Waals surface area (Å²) in [5.74, 6) is 0.393. The van der Waals surface area contributed by atoms with Gasteiger partial charge in [0, 0.05) is 19.4 Å². The van der Waals surface area contributed by atoms with Crippen LogP contribution in [0.3, 0.4) is 0 Å². The fourth-order valence-electron chi connectivity index (χ4n) is 2.99. The molecule has 142 valence electrons. The number of carbonyl (C=O) groups excluding carboxylic acids is 1. The van der Waals surface area contributed by atoms with Crippen molar-refractivity contribution in [2.45, 2.75) is 77.6 Å². The van der Waals surface area contributed by atoms with E-state index in [2.05, 4.69) is 32.9 Å². The van der Waals surface area contributed by atoms with Crippen LogP contribution in [0.2, 0.25) is 0 Å². The van der Waals surface area contributed by atoms with Gasteiger partial charge in [-0.15, -0.1) is 0 Å². The molecule has 1 amide bonds. The maximum absolute atomic E-state index is 11.8. The molecule has 0 heterocycles. The van der Waals surface area contributed by atoms with Crippen LogP contribution >= 0.6 is 0 Å². The second-order valence-electron chi connectivity index (χ2n) is 7.67. The third kappa shape index (κ3) is 15.9. The lowest BCUT2D eigenvalue weighted by atomic mass is 10.1. The number of hydrogen-bond acceptors (Lipinski definition) is 2. The number of carbonyl (C=O) groups is 1. The summed E-state index contributed by atoms with van der Waals surface area (Å²) in [4.78, 5) is 11.8. The molecule has 0 aliphatic heterocycles. The SMILES string of the molecule is C=C(O)C[N+](C)(C)CCCNC(=O)CCCCCCCCCCC. The minimum Gasteiger partial charge on any atom is -0.507 e. The van der Waals surface area contributed by atoms with Crippen LogP contribution in [0.25, 0.3) is 0 Å². The van der Waals surface area contributed by atoms with Crippen LogP contribution in [0.1, 0.15) is 77.6 Å². The van der Waals surface area contributed by atoms with E-state index in [1.807, 2.05) is 0 Å². The van der Waals surface area contributed by atoms with E-state index < -0.39 is 0 Å². The van der Waals surface area contributed by atoms with Gasteiger partial charge in [0.1, 0.15) is 12.3 Å². The summed E-state index contributed by atoms with van der Waals surface area (Å²) in [6.45, 7) is 7.98. The predicted octanol–water partition coefficient (Wildman–Crippen LogP) is 4.56.